The van der Waals surface area contributed by atoms with Gasteiger partial charge in [0.1, 0.15) is 5.58 Å². The molecule has 1 atom stereocenters. The molecule has 0 saturated carbocycles. The van der Waals surface area contributed by atoms with E-state index in [-0.39, 0.29) is 23.2 Å². The van der Waals surface area contributed by atoms with Crippen molar-refractivity contribution in [3.63, 3.8) is 0 Å². The number of unbranched alkanes of at least 4 members (excludes halogenated alkanes) is 5. The van der Waals surface area contributed by atoms with Crippen molar-refractivity contribution in [2.45, 2.75) is 70.8 Å². The molecule has 2 aromatic rings. The van der Waals surface area contributed by atoms with E-state index in [0.29, 0.717) is 5.39 Å². The van der Waals surface area contributed by atoms with Crippen LogP contribution in [-0.4, -0.2) is 32.5 Å². The summed E-state index contributed by atoms with van der Waals surface area (Å²) in [4.78, 5) is 21.0. The van der Waals surface area contributed by atoms with Crippen LogP contribution in [-0.2, 0) is 4.79 Å². The van der Waals surface area contributed by atoms with E-state index in [0.717, 1.165) is 51.0 Å². The van der Waals surface area contributed by atoms with Crippen molar-refractivity contribution < 1.29 is 29.6 Å². The molecule has 0 radical (unpaired) electrons. The number of fused-ring (bicyclic) bond motifs is 1. The summed E-state index contributed by atoms with van der Waals surface area (Å²) in [6.45, 7) is 2.18. The molecule has 1 aromatic heterocycles. The molecule has 1 aromatic carbocycles. The third-order valence-corrected chi connectivity index (χ3v) is 4.97. The Morgan fingerprint density at radius 2 is 1.62 bits per heavy atom. The Bertz CT molecular complexity index is 1000. The molecule has 0 bridgehead atoms. The first-order valence-corrected chi connectivity index (χ1v) is 11.7. The number of rotatable bonds is 13. The van der Waals surface area contributed by atoms with Gasteiger partial charge in [0, 0.05) is 23.6 Å². The zero-order valence-corrected chi connectivity index (χ0v) is 19.7. The van der Waals surface area contributed by atoms with Crippen molar-refractivity contribution in [1.82, 2.24) is 0 Å². The van der Waals surface area contributed by atoms with Gasteiger partial charge in [-0.05, 0) is 37.8 Å². The molecule has 1 unspecified atom stereocenters. The van der Waals surface area contributed by atoms with E-state index in [1.165, 1.54) is 43.2 Å². The van der Waals surface area contributed by atoms with Gasteiger partial charge in [0.15, 0.2) is 11.5 Å². The lowest BCUT2D eigenvalue weighted by Crippen LogP contribution is -2.05. The van der Waals surface area contributed by atoms with Gasteiger partial charge in [-0.25, -0.2) is 9.59 Å². The predicted octanol–water partition coefficient (Wildman–Crippen LogP) is 5.84. The number of carboxylic acid groups (broad SMARTS) is 1. The van der Waals surface area contributed by atoms with Crippen LogP contribution < -0.4 is 5.63 Å². The Hall–Kier alpha value is -3.32. The van der Waals surface area contributed by atoms with E-state index >= 15 is 0 Å². The summed E-state index contributed by atoms with van der Waals surface area (Å²) >= 11 is 0. The molecule has 7 heteroatoms. The van der Waals surface area contributed by atoms with E-state index < -0.39 is 11.6 Å². The Balaban J connectivity index is 0.000000375. The van der Waals surface area contributed by atoms with Crippen molar-refractivity contribution in [3.05, 3.63) is 71.1 Å². The van der Waals surface area contributed by atoms with Gasteiger partial charge < -0.3 is 24.8 Å². The van der Waals surface area contributed by atoms with Crippen molar-refractivity contribution in [2.24, 2.45) is 0 Å². The fourth-order valence-corrected chi connectivity index (χ4v) is 3.13. The number of aliphatic hydroxyl groups excluding tert-OH is 1. The quantitative estimate of drug-likeness (QED) is 0.0948. The van der Waals surface area contributed by atoms with Crippen LogP contribution >= 0.6 is 0 Å². The summed E-state index contributed by atoms with van der Waals surface area (Å²) in [6.07, 6.45) is 19.9. The number of benzene rings is 1. The number of carboxylic acids is 1. The number of hydrogen-bond donors (Lipinski definition) is 4. The second-order valence-corrected chi connectivity index (χ2v) is 7.93. The first kappa shape index (κ1) is 28.7. The first-order valence-electron chi connectivity index (χ1n) is 11.7. The standard InChI is InChI=1S/C18H30O3.C9H6O4/c1-2-3-11-14-17(19)15-12-9-7-5-4-6-8-10-13-16-18(20)21;10-6-3-5-1-2-9(12)13-8(5)4-7(6)11/h4,6,8,10,13,16-17,19H,2-3,5,7,9,11-12,14-15H2,1H3,(H,20,21);1-4,10-11H. The maximum Gasteiger partial charge on any atom is 0.336 e. The third-order valence-electron chi connectivity index (χ3n) is 4.97. The highest BCUT2D eigenvalue weighted by molar-refractivity contribution is 5.80. The van der Waals surface area contributed by atoms with E-state index in [9.17, 15) is 14.7 Å². The number of aliphatic carboxylic acids is 1. The van der Waals surface area contributed by atoms with E-state index in [1.54, 1.807) is 6.08 Å². The Morgan fingerprint density at radius 3 is 2.32 bits per heavy atom. The lowest BCUT2D eigenvalue weighted by atomic mass is 10.0. The van der Waals surface area contributed by atoms with Crippen LogP contribution in [0.5, 0.6) is 11.5 Å². The monoisotopic (exact) mass is 472 g/mol. The first-order chi connectivity index (χ1) is 16.3. The zero-order valence-electron chi connectivity index (χ0n) is 19.7. The Kier molecular flexibility index (Phi) is 14.5. The molecular formula is C27H36O7. The molecule has 0 spiro atoms. The molecule has 0 aliphatic heterocycles. The largest absolute Gasteiger partial charge is 0.504 e. The van der Waals surface area contributed by atoms with Crippen LogP contribution in [0.15, 0.2) is 69.9 Å². The van der Waals surface area contributed by atoms with E-state index in [1.807, 2.05) is 12.2 Å². The Morgan fingerprint density at radius 1 is 0.941 bits per heavy atom. The minimum atomic E-state index is -0.930. The summed E-state index contributed by atoms with van der Waals surface area (Å²) in [5.74, 6) is -1.47. The maximum atomic E-state index is 10.8. The lowest BCUT2D eigenvalue weighted by Gasteiger charge is -2.09. The second-order valence-electron chi connectivity index (χ2n) is 7.93. The van der Waals surface area contributed by atoms with E-state index in [4.69, 9.17) is 19.7 Å². The van der Waals surface area contributed by atoms with E-state index in [2.05, 4.69) is 13.0 Å². The summed E-state index contributed by atoms with van der Waals surface area (Å²) < 4.78 is 4.77. The number of carbonyl (C=O) groups is 1. The third kappa shape index (κ3) is 13.3. The number of hydrogen-bond acceptors (Lipinski definition) is 6. The zero-order chi connectivity index (χ0) is 25.2. The van der Waals surface area contributed by atoms with Crippen molar-refractivity contribution in [1.29, 1.82) is 0 Å². The van der Waals surface area contributed by atoms with Crippen molar-refractivity contribution >= 4 is 16.9 Å². The molecule has 0 saturated heterocycles. The molecule has 0 aliphatic carbocycles. The maximum absolute atomic E-state index is 10.8. The van der Waals surface area contributed by atoms with Crippen LogP contribution in [0.1, 0.15) is 64.7 Å². The van der Waals surface area contributed by atoms with Crippen molar-refractivity contribution in [3.8, 4) is 11.5 Å². The van der Waals surface area contributed by atoms with Crippen LogP contribution in [0.2, 0.25) is 0 Å². The van der Waals surface area contributed by atoms with Gasteiger partial charge in [-0.1, -0.05) is 69.4 Å². The average molecular weight is 473 g/mol. The number of aliphatic hydroxyl groups is 1. The van der Waals surface area contributed by atoms with Gasteiger partial charge in [0.25, 0.3) is 0 Å². The normalized spacial score (nSPS) is 12.4. The summed E-state index contributed by atoms with van der Waals surface area (Å²) in [5.41, 5.74) is -0.236. The van der Waals surface area contributed by atoms with Gasteiger partial charge in [-0.2, -0.15) is 0 Å². The number of aromatic hydroxyl groups is 2. The van der Waals surface area contributed by atoms with Crippen LogP contribution in [0.3, 0.4) is 0 Å². The molecule has 4 N–H and O–H groups in total. The predicted molar refractivity (Wildman–Crippen MR) is 134 cm³/mol. The molecule has 0 aliphatic rings. The molecule has 2 rings (SSSR count). The highest BCUT2D eigenvalue weighted by atomic mass is 16.4. The minimum Gasteiger partial charge on any atom is -0.504 e. The lowest BCUT2D eigenvalue weighted by molar-refractivity contribution is -0.131. The molecule has 0 fully saturated rings. The molecule has 0 amide bonds. The van der Waals surface area contributed by atoms with Crippen molar-refractivity contribution in [2.75, 3.05) is 0 Å². The van der Waals surface area contributed by atoms with Gasteiger partial charge in [0.2, 0.25) is 0 Å². The minimum absolute atomic E-state index is 0.115. The van der Waals surface area contributed by atoms with Crippen LogP contribution in [0, 0.1) is 0 Å². The SMILES string of the molecule is CCCCCC(O)CCCCCC=CC=CC=CC(=O)O.O=c1ccc2cc(O)c(O)cc2o1. The number of allylic oxidation sites excluding steroid dienone is 5. The molecule has 7 nitrogen and oxygen atoms in total. The number of phenolic OH excluding ortho intramolecular Hbond substituents is 2. The summed E-state index contributed by atoms with van der Waals surface area (Å²) in [5, 5.41) is 36.9. The molecule has 1 heterocycles. The fourth-order valence-electron chi connectivity index (χ4n) is 3.13. The Labute approximate surface area is 200 Å². The van der Waals surface area contributed by atoms with Crippen LogP contribution in [0.25, 0.3) is 11.0 Å². The fraction of sp³-hybridized carbons (Fsp3) is 0.407. The topological polar surface area (TPSA) is 128 Å². The molecule has 186 valence electrons. The summed E-state index contributed by atoms with van der Waals surface area (Å²) in [6, 6.07) is 5.29. The average Bonchev–Trinajstić information content (AvgIpc) is 2.79. The van der Waals surface area contributed by atoms with Gasteiger partial charge in [-0.15, -0.1) is 0 Å². The van der Waals surface area contributed by atoms with Gasteiger partial charge in [-0.3, -0.25) is 0 Å². The summed E-state index contributed by atoms with van der Waals surface area (Å²) in [7, 11) is 0. The van der Waals surface area contributed by atoms with Gasteiger partial charge in [0.05, 0.1) is 6.10 Å². The highest BCUT2D eigenvalue weighted by Gasteiger charge is 2.04. The smallest absolute Gasteiger partial charge is 0.336 e. The number of phenols is 2. The van der Waals surface area contributed by atoms with Gasteiger partial charge >= 0.3 is 11.6 Å². The second kappa shape index (κ2) is 17.2. The van der Waals surface area contributed by atoms with Crippen LogP contribution in [0.4, 0.5) is 0 Å². The molecule has 34 heavy (non-hydrogen) atoms. The molecular weight excluding hydrogens is 436 g/mol. The highest BCUT2D eigenvalue weighted by Crippen LogP contribution is 2.29.